The van der Waals surface area contributed by atoms with Crippen molar-refractivity contribution in [2.24, 2.45) is 17.3 Å². The molecular weight excluding hydrogens is 288 g/mol. The zero-order chi connectivity index (χ0) is 17.4. The summed E-state index contributed by atoms with van der Waals surface area (Å²) < 4.78 is 0. The van der Waals surface area contributed by atoms with Crippen molar-refractivity contribution in [2.75, 3.05) is 23.4 Å². The highest BCUT2D eigenvalue weighted by atomic mass is 16.2. The second kappa shape index (κ2) is 6.34. The van der Waals surface area contributed by atoms with E-state index in [1.165, 1.54) is 0 Å². The molecule has 1 heterocycles. The minimum Gasteiger partial charge on any atom is -0.313 e. The highest BCUT2D eigenvalue weighted by Gasteiger charge is 2.39. The average molecular weight is 316 g/mol. The number of carbonyl (C=O) groups is 2. The van der Waals surface area contributed by atoms with Crippen LogP contribution in [-0.2, 0) is 9.59 Å². The van der Waals surface area contributed by atoms with Crippen LogP contribution in [-0.4, -0.2) is 25.4 Å². The molecule has 2 amide bonds. The quantitative estimate of drug-likeness (QED) is 0.834. The summed E-state index contributed by atoms with van der Waals surface area (Å²) in [6, 6.07) is 7.67. The van der Waals surface area contributed by atoms with Crippen molar-refractivity contribution in [1.82, 2.24) is 0 Å². The summed E-state index contributed by atoms with van der Waals surface area (Å²) in [4.78, 5) is 29.4. The second-order valence-electron chi connectivity index (χ2n) is 7.54. The Hall–Kier alpha value is -1.84. The fourth-order valence-corrected chi connectivity index (χ4v) is 3.02. The van der Waals surface area contributed by atoms with Crippen molar-refractivity contribution in [3.8, 4) is 0 Å². The lowest BCUT2D eigenvalue weighted by atomic mass is 9.89. The minimum absolute atomic E-state index is 0.0568. The Morgan fingerprint density at radius 3 is 2.35 bits per heavy atom. The molecular formula is C19H28N2O2. The van der Waals surface area contributed by atoms with E-state index in [0.717, 1.165) is 17.8 Å². The standard InChI is InChI=1S/C19H28N2O2/c1-7-13(2)14-12-21(18(23)19(3,4)5)16-11-9-8-10-15(16)20(6)17(14)22/h8-11,13-14H,7,12H2,1-6H3/t13?,14-/m1/s1. The first kappa shape index (κ1) is 17.5. The number of amides is 2. The van der Waals surface area contributed by atoms with Gasteiger partial charge in [0.25, 0.3) is 0 Å². The highest BCUT2D eigenvalue weighted by molar-refractivity contribution is 6.06. The van der Waals surface area contributed by atoms with Crippen LogP contribution in [0.2, 0.25) is 0 Å². The largest absolute Gasteiger partial charge is 0.313 e. The summed E-state index contributed by atoms with van der Waals surface area (Å²) in [6.45, 7) is 10.4. The summed E-state index contributed by atoms with van der Waals surface area (Å²) in [7, 11) is 1.81. The number of nitrogens with zero attached hydrogens (tertiary/aromatic N) is 2. The van der Waals surface area contributed by atoms with E-state index in [0.29, 0.717) is 6.54 Å². The van der Waals surface area contributed by atoms with Crippen molar-refractivity contribution >= 4 is 23.2 Å². The molecule has 1 aliphatic heterocycles. The fourth-order valence-electron chi connectivity index (χ4n) is 3.02. The monoisotopic (exact) mass is 316 g/mol. The molecule has 2 atom stereocenters. The van der Waals surface area contributed by atoms with Crippen molar-refractivity contribution in [2.45, 2.75) is 41.0 Å². The van der Waals surface area contributed by atoms with Crippen LogP contribution in [0.4, 0.5) is 11.4 Å². The van der Waals surface area contributed by atoms with Gasteiger partial charge in [0.2, 0.25) is 11.8 Å². The van der Waals surface area contributed by atoms with Crippen LogP contribution in [0.25, 0.3) is 0 Å². The Morgan fingerprint density at radius 1 is 1.26 bits per heavy atom. The van der Waals surface area contributed by atoms with E-state index in [9.17, 15) is 9.59 Å². The van der Waals surface area contributed by atoms with E-state index in [2.05, 4.69) is 13.8 Å². The van der Waals surface area contributed by atoms with Gasteiger partial charge in [0, 0.05) is 19.0 Å². The second-order valence-corrected chi connectivity index (χ2v) is 7.54. The molecule has 1 aromatic carbocycles. The molecule has 1 aromatic rings. The predicted molar refractivity (Wildman–Crippen MR) is 94.6 cm³/mol. The Balaban J connectivity index is 2.56. The van der Waals surface area contributed by atoms with Gasteiger partial charge in [0.05, 0.1) is 17.3 Å². The number of hydrogen-bond acceptors (Lipinski definition) is 2. The van der Waals surface area contributed by atoms with E-state index < -0.39 is 5.41 Å². The van der Waals surface area contributed by atoms with Gasteiger partial charge in [-0.15, -0.1) is 0 Å². The first-order valence-corrected chi connectivity index (χ1v) is 8.37. The van der Waals surface area contributed by atoms with Crippen molar-refractivity contribution in [3.63, 3.8) is 0 Å². The van der Waals surface area contributed by atoms with Crippen LogP contribution in [0.15, 0.2) is 24.3 Å². The maximum atomic E-state index is 13.0. The summed E-state index contributed by atoms with van der Waals surface area (Å²) in [5, 5.41) is 0. The Morgan fingerprint density at radius 2 is 1.83 bits per heavy atom. The van der Waals surface area contributed by atoms with Crippen molar-refractivity contribution in [3.05, 3.63) is 24.3 Å². The molecule has 0 aromatic heterocycles. The van der Waals surface area contributed by atoms with Crippen LogP contribution in [0, 0.1) is 17.3 Å². The van der Waals surface area contributed by atoms with E-state index in [1.807, 2.05) is 57.0 Å². The van der Waals surface area contributed by atoms with Gasteiger partial charge in [-0.1, -0.05) is 53.2 Å². The van der Waals surface area contributed by atoms with Crippen LogP contribution >= 0.6 is 0 Å². The molecule has 4 heteroatoms. The molecule has 0 N–H and O–H groups in total. The van der Waals surface area contributed by atoms with Gasteiger partial charge in [0.15, 0.2) is 0 Å². The molecule has 0 spiro atoms. The molecule has 126 valence electrons. The van der Waals surface area contributed by atoms with Crippen molar-refractivity contribution < 1.29 is 9.59 Å². The maximum absolute atomic E-state index is 13.0. The average Bonchev–Trinajstić information content (AvgIpc) is 2.62. The molecule has 1 aliphatic rings. The first-order valence-electron chi connectivity index (χ1n) is 8.37. The third kappa shape index (κ3) is 3.26. The molecule has 1 unspecified atom stereocenters. The zero-order valence-electron chi connectivity index (χ0n) is 15.1. The summed E-state index contributed by atoms with van der Waals surface area (Å²) in [6.07, 6.45) is 0.915. The van der Waals surface area contributed by atoms with Crippen LogP contribution < -0.4 is 9.80 Å². The molecule has 0 radical (unpaired) electrons. The molecule has 0 fully saturated rings. The lowest BCUT2D eigenvalue weighted by Crippen LogP contribution is -2.45. The lowest BCUT2D eigenvalue weighted by molar-refractivity contribution is -0.126. The number of para-hydroxylation sites is 2. The van der Waals surface area contributed by atoms with Gasteiger partial charge in [-0.05, 0) is 18.1 Å². The molecule has 0 saturated heterocycles. The SMILES string of the molecule is CCC(C)[C@H]1CN(C(=O)C(C)(C)C)c2ccccc2N(C)C1=O. The number of benzene rings is 1. The van der Waals surface area contributed by atoms with E-state index in [-0.39, 0.29) is 23.7 Å². The third-order valence-electron chi connectivity index (χ3n) is 4.78. The Labute approximate surface area is 139 Å². The molecule has 0 saturated carbocycles. The van der Waals surface area contributed by atoms with E-state index >= 15 is 0 Å². The molecule has 23 heavy (non-hydrogen) atoms. The van der Waals surface area contributed by atoms with E-state index in [1.54, 1.807) is 4.90 Å². The van der Waals surface area contributed by atoms with Gasteiger partial charge in [-0.2, -0.15) is 0 Å². The zero-order valence-corrected chi connectivity index (χ0v) is 15.1. The van der Waals surface area contributed by atoms with Crippen molar-refractivity contribution in [1.29, 1.82) is 0 Å². The lowest BCUT2D eigenvalue weighted by Gasteiger charge is -2.31. The van der Waals surface area contributed by atoms with Crippen LogP contribution in [0.3, 0.4) is 0 Å². The summed E-state index contributed by atoms with van der Waals surface area (Å²) in [5.74, 6) is 0.204. The third-order valence-corrected chi connectivity index (χ3v) is 4.78. The van der Waals surface area contributed by atoms with Gasteiger partial charge in [0.1, 0.15) is 0 Å². The Bertz CT molecular complexity index is 604. The normalized spacial score (nSPS) is 20.1. The van der Waals surface area contributed by atoms with E-state index in [4.69, 9.17) is 0 Å². The molecule has 2 rings (SSSR count). The van der Waals surface area contributed by atoms with Gasteiger partial charge in [-0.3, -0.25) is 9.59 Å². The molecule has 0 aliphatic carbocycles. The smallest absolute Gasteiger partial charge is 0.232 e. The Kier molecular flexibility index (Phi) is 4.83. The van der Waals surface area contributed by atoms with Crippen LogP contribution in [0.1, 0.15) is 41.0 Å². The number of anilines is 2. The maximum Gasteiger partial charge on any atom is 0.232 e. The van der Waals surface area contributed by atoms with Gasteiger partial charge in [-0.25, -0.2) is 0 Å². The number of rotatable bonds is 2. The molecule has 0 bridgehead atoms. The number of hydrogen-bond donors (Lipinski definition) is 0. The van der Waals surface area contributed by atoms with Crippen LogP contribution in [0.5, 0.6) is 0 Å². The minimum atomic E-state index is -0.487. The highest BCUT2D eigenvalue weighted by Crippen LogP contribution is 2.37. The molecule has 4 nitrogen and oxygen atoms in total. The summed E-state index contributed by atoms with van der Waals surface area (Å²) >= 11 is 0. The number of carbonyl (C=O) groups excluding carboxylic acids is 2. The topological polar surface area (TPSA) is 40.6 Å². The van der Waals surface area contributed by atoms with Gasteiger partial charge >= 0.3 is 0 Å². The predicted octanol–water partition coefficient (Wildman–Crippen LogP) is 3.70. The van der Waals surface area contributed by atoms with Gasteiger partial charge < -0.3 is 9.80 Å². The number of fused-ring (bicyclic) bond motifs is 1. The first-order chi connectivity index (χ1) is 10.7. The summed E-state index contributed by atoms with van der Waals surface area (Å²) in [5.41, 5.74) is 1.15. The fraction of sp³-hybridized carbons (Fsp3) is 0.579.